The third-order valence-corrected chi connectivity index (χ3v) is 2.80. The van der Waals surface area contributed by atoms with E-state index in [1.807, 2.05) is 18.4 Å². The number of aldehydes is 1. The van der Waals surface area contributed by atoms with Crippen LogP contribution in [-0.4, -0.2) is 21.9 Å². The Morgan fingerprint density at radius 1 is 1.41 bits per heavy atom. The summed E-state index contributed by atoms with van der Waals surface area (Å²) in [6.45, 7) is 3.98. The molecule has 0 aliphatic rings. The molecular formula is C13H13NO3. The number of benzene rings is 1. The minimum Gasteiger partial charge on any atom is -0.478 e. The molecule has 0 atom stereocenters. The first-order chi connectivity index (χ1) is 8.04. The van der Waals surface area contributed by atoms with E-state index >= 15 is 0 Å². The van der Waals surface area contributed by atoms with Crippen LogP contribution < -0.4 is 0 Å². The number of carboxylic acid groups (broad SMARTS) is 1. The van der Waals surface area contributed by atoms with Crippen LogP contribution in [0.1, 0.15) is 40.6 Å². The number of aromatic nitrogens is 1. The van der Waals surface area contributed by atoms with Crippen molar-refractivity contribution >= 4 is 23.2 Å². The molecule has 0 spiro atoms. The predicted molar refractivity (Wildman–Crippen MR) is 64.7 cm³/mol. The van der Waals surface area contributed by atoms with Crippen molar-refractivity contribution in [1.82, 2.24) is 4.57 Å². The number of carboxylic acids is 1. The highest BCUT2D eigenvalue weighted by atomic mass is 16.4. The first-order valence-corrected chi connectivity index (χ1v) is 5.37. The van der Waals surface area contributed by atoms with Crippen molar-refractivity contribution in [2.75, 3.05) is 0 Å². The summed E-state index contributed by atoms with van der Waals surface area (Å²) in [6, 6.07) is 4.98. The summed E-state index contributed by atoms with van der Waals surface area (Å²) < 4.78 is 1.91. The van der Waals surface area contributed by atoms with Crippen molar-refractivity contribution in [2.45, 2.75) is 19.9 Å². The van der Waals surface area contributed by atoms with Gasteiger partial charge in [-0.05, 0) is 26.0 Å². The Balaban J connectivity index is 2.77. The van der Waals surface area contributed by atoms with Crippen molar-refractivity contribution < 1.29 is 14.7 Å². The number of fused-ring (bicyclic) bond motifs is 1. The van der Waals surface area contributed by atoms with Gasteiger partial charge in [-0.25, -0.2) is 4.79 Å². The van der Waals surface area contributed by atoms with Gasteiger partial charge in [-0.15, -0.1) is 0 Å². The Bertz CT molecular complexity index is 596. The standard InChI is InChI=1S/C13H13NO3/c1-8(2)14-6-10(7-15)11-4-3-9(13(16)17)5-12(11)14/h3-8H,1-2H3,(H,16,17). The normalized spacial score (nSPS) is 11.0. The van der Waals surface area contributed by atoms with Gasteiger partial charge < -0.3 is 9.67 Å². The zero-order chi connectivity index (χ0) is 12.6. The van der Waals surface area contributed by atoms with Crippen LogP contribution in [0.15, 0.2) is 24.4 Å². The lowest BCUT2D eigenvalue weighted by atomic mass is 10.1. The second-order valence-electron chi connectivity index (χ2n) is 4.24. The van der Waals surface area contributed by atoms with Gasteiger partial charge in [-0.1, -0.05) is 6.07 Å². The van der Waals surface area contributed by atoms with Gasteiger partial charge in [0.15, 0.2) is 6.29 Å². The van der Waals surface area contributed by atoms with Crippen molar-refractivity contribution in [3.05, 3.63) is 35.5 Å². The van der Waals surface area contributed by atoms with Gasteiger partial charge in [0.05, 0.1) is 5.56 Å². The van der Waals surface area contributed by atoms with E-state index in [2.05, 4.69) is 0 Å². The van der Waals surface area contributed by atoms with E-state index in [1.165, 1.54) is 6.07 Å². The fourth-order valence-corrected chi connectivity index (χ4v) is 1.93. The summed E-state index contributed by atoms with van der Waals surface area (Å²) in [5, 5.41) is 9.75. The number of aromatic carboxylic acids is 1. The molecule has 1 aromatic heterocycles. The van der Waals surface area contributed by atoms with E-state index in [4.69, 9.17) is 5.11 Å². The molecular weight excluding hydrogens is 218 g/mol. The van der Waals surface area contributed by atoms with Gasteiger partial charge in [0.2, 0.25) is 0 Å². The lowest BCUT2D eigenvalue weighted by molar-refractivity contribution is 0.0697. The molecule has 88 valence electrons. The fraction of sp³-hybridized carbons (Fsp3) is 0.231. The lowest BCUT2D eigenvalue weighted by Gasteiger charge is -2.09. The maximum Gasteiger partial charge on any atom is 0.335 e. The number of carbonyl (C=O) groups excluding carboxylic acids is 1. The minimum atomic E-state index is -0.962. The molecule has 4 heteroatoms. The van der Waals surface area contributed by atoms with Crippen LogP contribution in [0.5, 0.6) is 0 Å². The molecule has 2 aromatic rings. The second-order valence-corrected chi connectivity index (χ2v) is 4.24. The van der Waals surface area contributed by atoms with E-state index in [-0.39, 0.29) is 11.6 Å². The van der Waals surface area contributed by atoms with Crippen molar-refractivity contribution in [3.63, 3.8) is 0 Å². The number of hydrogen-bond acceptors (Lipinski definition) is 2. The molecule has 1 N–H and O–H groups in total. The third kappa shape index (κ3) is 1.82. The van der Waals surface area contributed by atoms with Crippen molar-refractivity contribution in [1.29, 1.82) is 0 Å². The zero-order valence-corrected chi connectivity index (χ0v) is 9.68. The molecule has 4 nitrogen and oxygen atoms in total. The van der Waals surface area contributed by atoms with Crippen LogP contribution in [0.3, 0.4) is 0 Å². The van der Waals surface area contributed by atoms with Crippen LogP contribution in [0, 0.1) is 0 Å². The van der Waals surface area contributed by atoms with E-state index in [1.54, 1.807) is 18.3 Å². The highest BCUT2D eigenvalue weighted by Gasteiger charge is 2.12. The molecule has 2 rings (SSSR count). The topological polar surface area (TPSA) is 59.3 Å². The molecule has 0 saturated heterocycles. The second kappa shape index (κ2) is 4.05. The Labute approximate surface area is 98.5 Å². The largest absolute Gasteiger partial charge is 0.478 e. The molecule has 0 amide bonds. The third-order valence-electron chi connectivity index (χ3n) is 2.80. The summed E-state index contributed by atoms with van der Waals surface area (Å²) in [5.41, 5.74) is 1.60. The Morgan fingerprint density at radius 2 is 2.12 bits per heavy atom. The Hall–Kier alpha value is -2.10. The zero-order valence-electron chi connectivity index (χ0n) is 9.68. The maximum absolute atomic E-state index is 10.9. The maximum atomic E-state index is 10.9. The van der Waals surface area contributed by atoms with Crippen LogP contribution in [-0.2, 0) is 0 Å². The van der Waals surface area contributed by atoms with Crippen LogP contribution >= 0.6 is 0 Å². The fourth-order valence-electron chi connectivity index (χ4n) is 1.93. The quantitative estimate of drug-likeness (QED) is 0.826. The monoisotopic (exact) mass is 231 g/mol. The van der Waals surface area contributed by atoms with Gasteiger partial charge in [-0.3, -0.25) is 4.79 Å². The van der Waals surface area contributed by atoms with Gasteiger partial charge in [0, 0.05) is 28.7 Å². The van der Waals surface area contributed by atoms with Crippen LogP contribution in [0.25, 0.3) is 10.9 Å². The van der Waals surface area contributed by atoms with Crippen LogP contribution in [0.2, 0.25) is 0 Å². The summed E-state index contributed by atoms with van der Waals surface area (Å²) in [6.07, 6.45) is 2.55. The number of hydrogen-bond donors (Lipinski definition) is 1. The highest BCUT2D eigenvalue weighted by molar-refractivity contribution is 6.01. The molecule has 0 fully saturated rings. The molecule has 0 bridgehead atoms. The first kappa shape index (κ1) is 11.4. The Kier molecular flexibility index (Phi) is 2.71. The first-order valence-electron chi connectivity index (χ1n) is 5.37. The molecule has 1 heterocycles. The molecule has 0 radical (unpaired) electrons. The van der Waals surface area contributed by atoms with E-state index < -0.39 is 5.97 Å². The van der Waals surface area contributed by atoms with Gasteiger partial charge >= 0.3 is 5.97 Å². The summed E-state index contributed by atoms with van der Waals surface area (Å²) in [5.74, 6) is -0.962. The molecule has 17 heavy (non-hydrogen) atoms. The number of rotatable bonds is 3. The Morgan fingerprint density at radius 3 is 2.65 bits per heavy atom. The molecule has 0 saturated carbocycles. The molecule has 1 aromatic carbocycles. The van der Waals surface area contributed by atoms with Crippen LogP contribution in [0.4, 0.5) is 0 Å². The SMILES string of the molecule is CC(C)n1cc(C=O)c2ccc(C(=O)O)cc21. The minimum absolute atomic E-state index is 0.176. The lowest BCUT2D eigenvalue weighted by Crippen LogP contribution is -2.00. The average Bonchev–Trinajstić information content (AvgIpc) is 2.66. The van der Waals surface area contributed by atoms with Gasteiger partial charge in [0.25, 0.3) is 0 Å². The summed E-state index contributed by atoms with van der Waals surface area (Å²) >= 11 is 0. The number of nitrogens with zero attached hydrogens (tertiary/aromatic N) is 1. The molecule has 0 aliphatic carbocycles. The van der Waals surface area contributed by atoms with Crippen molar-refractivity contribution in [3.8, 4) is 0 Å². The average molecular weight is 231 g/mol. The molecule has 0 aliphatic heterocycles. The highest BCUT2D eigenvalue weighted by Crippen LogP contribution is 2.24. The summed E-state index contributed by atoms with van der Waals surface area (Å²) in [4.78, 5) is 21.9. The summed E-state index contributed by atoms with van der Waals surface area (Å²) in [7, 11) is 0. The smallest absolute Gasteiger partial charge is 0.335 e. The molecule has 0 unspecified atom stereocenters. The predicted octanol–water partition coefficient (Wildman–Crippen LogP) is 2.73. The van der Waals surface area contributed by atoms with Gasteiger partial charge in [0.1, 0.15) is 0 Å². The van der Waals surface area contributed by atoms with E-state index in [0.29, 0.717) is 5.56 Å². The van der Waals surface area contributed by atoms with E-state index in [0.717, 1.165) is 17.2 Å². The van der Waals surface area contributed by atoms with E-state index in [9.17, 15) is 9.59 Å². The van der Waals surface area contributed by atoms with Gasteiger partial charge in [-0.2, -0.15) is 0 Å². The van der Waals surface area contributed by atoms with Crippen molar-refractivity contribution in [2.24, 2.45) is 0 Å². The number of carbonyl (C=O) groups is 2.